The Morgan fingerprint density at radius 2 is 1.39 bits per heavy atom. The number of rotatable bonds is 20. The van der Waals surface area contributed by atoms with Gasteiger partial charge in [-0.05, 0) is 116 Å². The van der Waals surface area contributed by atoms with Gasteiger partial charge in [0.05, 0.1) is 5.54 Å². The quantitative estimate of drug-likeness (QED) is 0.161. The smallest absolute Gasteiger partial charge is 0.239 e. The molecule has 1 atom stereocenters. The summed E-state index contributed by atoms with van der Waals surface area (Å²) < 4.78 is 0. The molecule has 1 rings (SSSR count). The third-order valence-electron chi connectivity index (χ3n) is 6.31. The summed E-state index contributed by atoms with van der Waals surface area (Å²) in [6.45, 7) is 9.50. The molecule has 7 heteroatoms. The van der Waals surface area contributed by atoms with Crippen LogP contribution >= 0.6 is 0 Å². The lowest BCUT2D eigenvalue weighted by atomic mass is 9.89. The Bertz CT molecular complexity index is 426. The predicted molar refractivity (Wildman–Crippen MR) is 132 cm³/mol. The standard InChI is InChI=1S/C24H52N6O/c1-24(26,13-5-6-17-29-21-22-11-3-2-4-12-22)23(31)30-20-10-19-28-16-8-7-15-27-18-9-14-25/h22,27-29H,2-21,25-26H2,1H3,(H,30,31). The van der Waals surface area contributed by atoms with Crippen molar-refractivity contribution in [1.82, 2.24) is 21.3 Å². The highest BCUT2D eigenvalue weighted by molar-refractivity contribution is 5.85. The lowest BCUT2D eigenvalue weighted by Crippen LogP contribution is -2.52. The van der Waals surface area contributed by atoms with E-state index in [2.05, 4.69) is 21.3 Å². The molecular formula is C24H52N6O. The highest BCUT2D eigenvalue weighted by Gasteiger charge is 2.27. The maximum atomic E-state index is 12.4. The van der Waals surface area contributed by atoms with Crippen LogP contribution < -0.4 is 32.7 Å². The van der Waals surface area contributed by atoms with Crippen molar-refractivity contribution in [3.8, 4) is 0 Å². The molecule has 1 fully saturated rings. The van der Waals surface area contributed by atoms with Crippen LogP contribution in [0.5, 0.6) is 0 Å². The number of hydrogen-bond acceptors (Lipinski definition) is 6. The van der Waals surface area contributed by atoms with Crippen LogP contribution in [0.3, 0.4) is 0 Å². The molecular weight excluding hydrogens is 388 g/mol. The number of nitrogens with two attached hydrogens (primary N) is 2. The van der Waals surface area contributed by atoms with Crippen LogP contribution in [0.1, 0.15) is 84.0 Å². The monoisotopic (exact) mass is 440 g/mol. The largest absolute Gasteiger partial charge is 0.354 e. The van der Waals surface area contributed by atoms with Crippen LogP contribution in [-0.2, 0) is 4.79 Å². The highest BCUT2D eigenvalue weighted by atomic mass is 16.2. The molecule has 1 amide bonds. The molecule has 0 bridgehead atoms. The fourth-order valence-corrected chi connectivity index (χ4v) is 4.15. The number of hydrogen-bond donors (Lipinski definition) is 6. The average Bonchev–Trinajstić information content (AvgIpc) is 2.77. The van der Waals surface area contributed by atoms with Crippen LogP contribution in [0.4, 0.5) is 0 Å². The predicted octanol–water partition coefficient (Wildman–Crippen LogP) is 1.86. The fraction of sp³-hybridized carbons (Fsp3) is 0.958. The van der Waals surface area contributed by atoms with E-state index >= 15 is 0 Å². The van der Waals surface area contributed by atoms with Crippen molar-refractivity contribution < 1.29 is 4.79 Å². The SMILES string of the molecule is CC(N)(CCCCNCC1CCCCC1)C(=O)NCCCNCCCCNCCCN. The Balaban J connectivity index is 1.90. The zero-order chi connectivity index (χ0) is 22.6. The van der Waals surface area contributed by atoms with Gasteiger partial charge in [0.2, 0.25) is 5.91 Å². The average molecular weight is 441 g/mol. The van der Waals surface area contributed by atoms with E-state index in [4.69, 9.17) is 11.5 Å². The van der Waals surface area contributed by atoms with Gasteiger partial charge in [-0.2, -0.15) is 0 Å². The number of nitrogens with one attached hydrogen (secondary N) is 4. The molecule has 1 aliphatic rings. The lowest BCUT2D eigenvalue weighted by Gasteiger charge is -2.24. The van der Waals surface area contributed by atoms with Gasteiger partial charge in [-0.25, -0.2) is 0 Å². The Labute approximate surface area is 191 Å². The molecule has 1 saturated carbocycles. The molecule has 1 aliphatic carbocycles. The fourth-order valence-electron chi connectivity index (χ4n) is 4.15. The van der Waals surface area contributed by atoms with E-state index in [0.717, 1.165) is 83.8 Å². The van der Waals surface area contributed by atoms with Gasteiger partial charge >= 0.3 is 0 Å². The molecule has 31 heavy (non-hydrogen) atoms. The molecule has 0 aromatic carbocycles. The van der Waals surface area contributed by atoms with E-state index in [-0.39, 0.29) is 5.91 Å². The number of carbonyl (C=O) groups is 1. The number of unbranched alkanes of at least 4 members (excludes halogenated alkanes) is 2. The second-order valence-electron chi connectivity index (χ2n) is 9.54. The Morgan fingerprint density at radius 3 is 2.06 bits per heavy atom. The van der Waals surface area contributed by atoms with Crippen LogP contribution in [0.25, 0.3) is 0 Å². The first-order valence-corrected chi connectivity index (χ1v) is 13.0. The summed E-state index contributed by atoms with van der Waals surface area (Å²) in [6.07, 6.45) is 14.1. The first kappa shape index (κ1) is 28.3. The van der Waals surface area contributed by atoms with Gasteiger partial charge in [-0.15, -0.1) is 0 Å². The van der Waals surface area contributed by atoms with E-state index in [1.54, 1.807) is 0 Å². The van der Waals surface area contributed by atoms with E-state index in [0.29, 0.717) is 6.54 Å². The lowest BCUT2D eigenvalue weighted by molar-refractivity contribution is -0.126. The van der Waals surface area contributed by atoms with Crippen LogP contribution in [0.2, 0.25) is 0 Å². The molecule has 7 nitrogen and oxygen atoms in total. The van der Waals surface area contributed by atoms with Crippen LogP contribution in [-0.4, -0.2) is 63.8 Å². The topological polar surface area (TPSA) is 117 Å². The van der Waals surface area contributed by atoms with Crippen molar-refractivity contribution in [2.75, 3.05) is 52.4 Å². The van der Waals surface area contributed by atoms with Crippen molar-refractivity contribution >= 4 is 5.91 Å². The van der Waals surface area contributed by atoms with Gasteiger partial charge < -0.3 is 32.7 Å². The molecule has 0 aliphatic heterocycles. The zero-order valence-electron chi connectivity index (χ0n) is 20.3. The van der Waals surface area contributed by atoms with Crippen molar-refractivity contribution in [3.63, 3.8) is 0 Å². The summed E-state index contributed by atoms with van der Waals surface area (Å²) >= 11 is 0. The Hall–Kier alpha value is -0.730. The van der Waals surface area contributed by atoms with Crippen molar-refractivity contribution in [2.24, 2.45) is 17.4 Å². The molecule has 0 aromatic rings. The minimum absolute atomic E-state index is 0.0220. The molecule has 1 unspecified atom stereocenters. The summed E-state index contributed by atoms with van der Waals surface area (Å²) in [5.74, 6) is 0.850. The van der Waals surface area contributed by atoms with E-state index < -0.39 is 5.54 Å². The summed E-state index contributed by atoms with van der Waals surface area (Å²) in [7, 11) is 0. The second kappa shape index (κ2) is 18.8. The minimum atomic E-state index is -0.770. The molecule has 0 radical (unpaired) electrons. The van der Waals surface area contributed by atoms with Gasteiger partial charge in [0.1, 0.15) is 0 Å². The maximum Gasteiger partial charge on any atom is 0.239 e. The molecule has 0 heterocycles. The summed E-state index contributed by atoms with van der Waals surface area (Å²) in [4.78, 5) is 12.4. The Morgan fingerprint density at radius 1 is 0.806 bits per heavy atom. The third kappa shape index (κ3) is 15.7. The van der Waals surface area contributed by atoms with Gasteiger partial charge in [-0.1, -0.05) is 19.3 Å². The van der Waals surface area contributed by atoms with Crippen molar-refractivity contribution in [1.29, 1.82) is 0 Å². The second-order valence-corrected chi connectivity index (χ2v) is 9.54. The van der Waals surface area contributed by atoms with Gasteiger partial charge in [0.15, 0.2) is 0 Å². The van der Waals surface area contributed by atoms with Crippen molar-refractivity contribution in [2.45, 2.75) is 89.5 Å². The van der Waals surface area contributed by atoms with E-state index in [1.807, 2.05) is 6.92 Å². The summed E-state index contributed by atoms with van der Waals surface area (Å²) in [6, 6.07) is 0. The molecule has 0 aromatic heterocycles. The third-order valence-corrected chi connectivity index (χ3v) is 6.31. The number of amides is 1. The molecule has 184 valence electrons. The highest BCUT2D eigenvalue weighted by Crippen LogP contribution is 2.22. The summed E-state index contributed by atoms with van der Waals surface area (Å²) in [5.41, 5.74) is 11.0. The Kier molecular flexibility index (Phi) is 17.2. The first-order chi connectivity index (χ1) is 15.1. The minimum Gasteiger partial charge on any atom is -0.354 e. The normalized spacial score (nSPS) is 16.9. The van der Waals surface area contributed by atoms with Crippen molar-refractivity contribution in [3.05, 3.63) is 0 Å². The zero-order valence-corrected chi connectivity index (χ0v) is 20.3. The van der Waals surface area contributed by atoms with Gasteiger partial charge in [-0.3, -0.25) is 4.79 Å². The van der Waals surface area contributed by atoms with E-state index in [1.165, 1.54) is 44.9 Å². The van der Waals surface area contributed by atoms with Crippen LogP contribution in [0.15, 0.2) is 0 Å². The van der Waals surface area contributed by atoms with Crippen LogP contribution in [0, 0.1) is 5.92 Å². The molecule has 8 N–H and O–H groups in total. The summed E-state index contributed by atoms with van der Waals surface area (Å²) in [5, 5.41) is 13.4. The molecule has 0 spiro atoms. The van der Waals surface area contributed by atoms with E-state index in [9.17, 15) is 4.79 Å². The first-order valence-electron chi connectivity index (χ1n) is 13.0. The van der Waals surface area contributed by atoms with Gasteiger partial charge in [0.25, 0.3) is 0 Å². The molecule has 0 saturated heterocycles. The number of carbonyl (C=O) groups excluding carboxylic acids is 1. The van der Waals surface area contributed by atoms with Gasteiger partial charge in [0, 0.05) is 6.54 Å². The maximum absolute atomic E-state index is 12.4.